The number of carbonyl (C=O) groups is 1. The monoisotopic (exact) mass is 219 g/mol. The molecule has 2 aromatic heterocycles. The van der Waals surface area contributed by atoms with Gasteiger partial charge in [-0.3, -0.25) is 0 Å². The van der Waals surface area contributed by atoms with E-state index in [1.807, 2.05) is 4.68 Å². The van der Waals surface area contributed by atoms with Crippen LogP contribution in [0.1, 0.15) is 36.7 Å². The molecule has 5 nitrogen and oxygen atoms in total. The van der Waals surface area contributed by atoms with Crippen molar-refractivity contribution in [3.05, 3.63) is 24.0 Å². The quantitative estimate of drug-likeness (QED) is 0.858. The van der Waals surface area contributed by atoms with Crippen LogP contribution in [0.15, 0.2) is 18.5 Å². The van der Waals surface area contributed by atoms with Crippen LogP contribution in [0.25, 0.3) is 11.0 Å². The van der Waals surface area contributed by atoms with Gasteiger partial charge in [-0.25, -0.2) is 14.5 Å². The number of hydrogen-bond acceptors (Lipinski definition) is 3. The third-order valence-electron chi connectivity index (χ3n) is 2.69. The van der Waals surface area contributed by atoms with Gasteiger partial charge in [-0.05, 0) is 19.4 Å². The van der Waals surface area contributed by atoms with Gasteiger partial charge in [0.2, 0.25) is 0 Å². The standard InChI is InChI=1S/C11H13N3O2/c1-3-7(2)14-10-8(6-13-14)4-9(5-12-10)11(15)16/h4-7H,3H2,1-2H3,(H,15,16)/t7-/m1/s1. The molecule has 0 spiro atoms. The first kappa shape index (κ1) is 10.6. The van der Waals surface area contributed by atoms with Gasteiger partial charge in [0.05, 0.1) is 17.8 Å². The predicted molar refractivity (Wildman–Crippen MR) is 59.5 cm³/mol. The number of hydrogen-bond donors (Lipinski definition) is 1. The van der Waals surface area contributed by atoms with Crippen LogP contribution in [0.2, 0.25) is 0 Å². The van der Waals surface area contributed by atoms with E-state index >= 15 is 0 Å². The van der Waals surface area contributed by atoms with E-state index in [1.54, 1.807) is 12.3 Å². The summed E-state index contributed by atoms with van der Waals surface area (Å²) in [6.45, 7) is 4.13. The van der Waals surface area contributed by atoms with Gasteiger partial charge in [0.25, 0.3) is 0 Å². The van der Waals surface area contributed by atoms with E-state index in [9.17, 15) is 4.79 Å². The van der Waals surface area contributed by atoms with Gasteiger partial charge in [-0.15, -0.1) is 0 Å². The van der Waals surface area contributed by atoms with Crippen LogP contribution in [-0.2, 0) is 0 Å². The molecule has 1 atom stereocenters. The highest BCUT2D eigenvalue weighted by Crippen LogP contribution is 2.18. The highest BCUT2D eigenvalue weighted by Gasteiger charge is 2.11. The van der Waals surface area contributed by atoms with E-state index in [0.717, 1.165) is 17.5 Å². The maximum atomic E-state index is 10.8. The Hall–Kier alpha value is -1.91. The molecule has 2 rings (SSSR count). The number of pyridine rings is 1. The summed E-state index contributed by atoms with van der Waals surface area (Å²) in [7, 11) is 0. The first-order valence-electron chi connectivity index (χ1n) is 5.20. The largest absolute Gasteiger partial charge is 0.478 e. The molecular weight excluding hydrogens is 206 g/mol. The smallest absolute Gasteiger partial charge is 0.337 e. The van der Waals surface area contributed by atoms with Crippen LogP contribution in [0.4, 0.5) is 0 Å². The van der Waals surface area contributed by atoms with Crippen molar-refractivity contribution in [2.75, 3.05) is 0 Å². The van der Waals surface area contributed by atoms with Gasteiger partial charge >= 0.3 is 5.97 Å². The molecule has 0 aliphatic carbocycles. The second-order valence-electron chi connectivity index (χ2n) is 3.79. The fourth-order valence-corrected chi connectivity index (χ4v) is 1.55. The van der Waals surface area contributed by atoms with Gasteiger partial charge in [0.15, 0.2) is 5.65 Å². The Labute approximate surface area is 92.7 Å². The van der Waals surface area contributed by atoms with Crippen molar-refractivity contribution in [1.29, 1.82) is 0 Å². The Morgan fingerprint density at radius 2 is 2.31 bits per heavy atom. The van der Waals surface area contributed by atoms with Gasteiger partial charge < -0.3 is 5.11 Å². The lowest BCUT2D eigenvalue weighted by atomic mass is 10.2. The number of aromatic carboxylic acids is 1. The molecule has 0 aromatic carbocycles. The maximum absolute atomic E-state index is 10.8. The molecule has 0 aliphatic heterocycles. The zero-order valence-electron chi connectivity index (χ0n) is 9.21. The molecule has 84 valence electrons. The Balaban J connectivity index is 2.54. The molecule has 5 heteroatoms. The number of carboxylic acid groups (broad SMARTS) is 1. The zero-order chi connectivity index (χ0) is 11.7. The molecule has 0 saturated carbocycles. The third-order valence-corrected chi connectivity index (χ3v) is 2.69. The average molecular weight is 219 g/mol. The summed E-state index contributed by atoms with van der Waals surface area (Å²) < 4.78 is 1.82. The molecule has 0 radical (unpaired) electrons. The van der Waals surface area contributed by atoms with Crippen molar-refractivity contribution in [2.45, 2.75) is 26.3 Å². The molecule has 0 saturated heterocycles. The number of rotatable bonds is 3. The highest BCUT2D eigenvalue weighted by molar-refractivity contribution is 5.91. The minimum absolute atomic E-state index is 0.191. The van der Waals surface area contributed by atoms with Gasteiger partial charge in [0.1, 0.15) is 0 Å². The number of aromatic nitrogens is 3. The van der Waals surface area contributed by atoms with E-state index in [1.165, 1.54) is 6.20 Å². The summed E-state index contributed by atoms with van der Waals surface area (Å²) in [5.41, 5.74) is 0.926. The second-order valence-corrected chi connectivity index (χ2v) is 3.79. The second kappa shape index (κ2) is 3.92. The van der Waals surface area contributed by atoms with E-state index in [4.69, 9.17) is 5.11 Å². The molecule has 0 unspecified atom stereocenters. The van der Waals surface area contributed by atoms with Crippen LogP contribution in [0.3, 0.4) is 0 Å². The van der Waals surface area contributed by atoms with Gasteiger partial charge in [-0.2, -0.15) is 5.10 Å². The Morgan fingerprint density at radius 3 is 2.94 bits per heavy atom. The first-order valence-corrected chi connectivity index (χ1v) is 5.20. The third kappa shape index (κ3) is 1.64. The summed E-state index contributed by atoms with van der Waals surface area (Å²) in [5.74, 6) is -0.967. The summed E-state index contributed by atoms with van der Waals surface area (Å²) >= 11 is 0. The van der Waals surface area contributed by atoms with Crippen LogP contribution < -0.4 is 0 Å². The lowest BCUT2D eigenvalue weighted by Gasteiger charge is -2.09. The molecule has 2 aromatic rings. The molecule has 0 amide bonds. The van der Waals surface area contributed by atoms with E-state index < -0.39 is 5.97 Å². The molecular formula is C11H13N3O2. The SMILES string of the molecule is CC[C@@H](C)n1ncc2cc(C(=O)O)cnc21. The maximum Gasteiger partial charge on any atom is 0.337 e. The minimum Gasteiger partial charge on any atom is -0.478 e. The van der Waals surface area contributed by atoms with Crippen molar-refractivity contribution < 1.29 is 9.90 Å². The number of fused-ring (bicyclic) bond motifs is 1. The van der Waals surface area contributed by atoms with E-state index in [-0.39, 0.29) is 11.6 Å². The van der Waals surface area contributed by atoms with Crippen LogP contribution in [-0.4, -0.2) is 25.8 Å². The summed E-state index contributed by atoms with van der Waals surface area (Å²) in [6.07, 6.45) is 3.98. The van der Waals surface area contributed by atoms with Crippen LogP contribution in [0.5, 0.6) is 0 Å². The van der Waals surface area contributed by atoms with Gasteiger partial charge in [-0.1, -0.05) is 6.92 Å². The van der Waals surface area contributed by atoms with Gasteiger partial charge in [0, 0.05) is 11.6 Å². The normalized spacial score (nSPS) is 12.9. The molecule has 0 aliphatic rings. The molecule has 0 bridgehead atoms. The van der Waals surface area contributed by atoms with E-state index in [2.05, 4.69) is 23.9 Å². The molecule has 0 fully saturated rings. The molecule has 16 heavy (non-hydrogen) atoms. The van der Waals surface area contributed by atoms with Crippen molar-refractivity contribution >= 4 is 17.0 Å². The Bertz CT molecular complexity index is 533. The Morgan fingerprint density at radius 1 is 1.56 bits per heavy atom. The van der Waals surface area contributed by atoms with Crippen molar-refractivity contribution in [2.24, 2.45) is 0 Å². The van der Waals surface area contributed by atoms with Crippen LogP contribution in [0, 0.1) is 0 Å². The fraction of sp³-hybridized carbons (Fsp3) is 0.364. The van der Waals surface area contributed by atoms with Crippen molar-refractivity contribution in [1.82, 2.24) is 14.8 Å². The summed E-state index contributed by atoms with van der Waals surface area (Å²) in [6, 6.07) is 1.86. The van der Waals surface area contributed by atoms with Crippen molar-refractivity contribution in [3.63, 3.8) is 0 Å². The van der Waals surface area contributed by atoms with Crippen LogP contribution >= 0.6 is 0 Å². The number of carboxylic acids is 1. The molecule has 1 N–H and O–H groups in total. The summed E-state index contributed by atoms with van der Waals surface area (Å²) in [5, 5.41) is 13.8. The highest BCUT2D eigenvalue weighted by atomic mass is 16.4. The number of nitrogens with zero attached hydrogens (tertiary/aromatic N) is 3. The predicted octanol–water partition coefficient (Wildman–Crippen LogP) is 2.10. The lowest BCUT2D eigenvalue weighted by Crippen LogP contribution is -2.06. The Kier molecular flexibility index (Phi) is 2.60. The lowest BCUT2D eigenvalue weighted by molar-refractivity contribution is 0.0696. The fourth-order valence-electron chi connectivity index (χ4n) is 1.55. The first-order chi connectivity index (χ1) is 7.63. The minimum atomic E-state index is -0.967. The average Bonchev–Trinajstić information content (AvgIpc) is 2.70. The summed E-state index contributed by atoms with van der Waals surface area (Å²) in [4.78, 5) is 14.9. The topological polar surface area (TPSA) is 68.0 Å². The van der Waals surface area contributed by atoms with E-state index in [0.29, 0.717) is 0 Å². The molecule has 2 heterocycles. The zero-order valence-corrected chi connectivity index (χ0v) is 9.21. The van der Waals surface area contributed by atoms with Crippen molar-refractivity contribution in [3.8, 4) is 0 Å².